The zero-order valence-electron chi connectivity index (χ0n) is 11.9. The Morgan fingerprint density at radius 2 is 2.18 bits per heavy atom. The van der Waals surface area contributed by atoms with E-state index in [0.717, 1.165) is 10.6 Å². The second-order valence-corrected chi connectivity index (χ2v) is 5.82. The van der Waals surface area contributed by atoms with Crippen LogP contribution < -0.4 is 5.56 Å². The number of nitrogens with zero attached hydrogens (tertiary/aromatic N) is 3. The van der Waals surface area contributed by atoms with Crippen LogP contribution in [0.25, 0.3) is 4.96 Å². The summed E-state index contributed by atoms with van der Waals surface area (Å²) < 4.78 is 39.2. The van der Waals surface area contributed by atoms with E-state index in [1.807, 2.05) is 0 Å². The van der Waals surface area contributed by atoms with Crippen molar-refractivity contribution in [3.63, 3.8) is 0 Å². The molecule has 22 heavy (non-hydrogen) atoms. The standard InChI is InChI=1S/C13H16F3N3O2S/c1-9-7-22-12-17-10(5-11(21)19(9)12)6-18(3-2-4-20)8-13(14,15)16/h5,7,20H,2-4,6,8H2,1H3. The summed E-state index contributed by atoms with van der Waals surface area (Å²) in [5, 5.41) is 10.6. The van der Waals surface area contributed by atoms with Gasteiger partial charge in [0.1, 0.15) is 0 Å². The second kappa shape index (κ2) is 6.76. The van der Waals surface area contributed by atoms with Crippen LogP contribution in [-0.2, 0) is 6.54 Å². The number of aliphatic hydroxyl groups is 1. The molecule has 0 aliphatic rings. The van der Waals surface area contributed by atoms with Crippen molar-refractivity contribution >= 4 is 16.3 Å². The number of halogens is 3. The van der Waals surface area contributed by atoms with E-state index < -0.39 is 12.7 Å². The van der Waals surface area contributed by atoms with Gasteiger partial charge in [0.15, 0.2) is 4.96 Å². The lowest BCUT2D eigenvalue weighted by Gasteiger charge is -2.22. The van der Waals surface area contributed by atoms with Crippen LogP contribution in [0.15, 0.2) is 16.2 Å². The summed E-state index contributed by atoms with van der Waals surface area (Å²) in [4.78, 5) is 17.9. The van der Waals surface area contributed by atoms with Gasteiger partial charge >= 0.3 is 6.18 Å². The van der Waals surface area contributed by atoms with Crippen LogP contribution in [0, 0.1) is 6.92 Å². The predicted molar refractivity (Wildman–Crippen MR) is 77.1 cm³/mol. The number of alkyl halides is 3. The lowest BCUT2D eigenvalue weighted by atomic mass is 10.3. The maximum atomic E-state index is 12.6. The van der Waals surface area contributed by atoms with Crippen LogP contribution in [0.4, 0.5) is 13.2 Å². The van der Waals surface area contributed by atoms with E-state index in [4.69, 9.17) is 5.11 Å². The van der Waals surface area contributed by atoms with Gasteiger partial charge in [0.2, 0.25) is 0 Å². The van der Waals surface area contributed by atoms with Gasteiger partial charge in [-0.1, -0.05) is 0 Å². The highest BCUT2D eigenvalue weighted by Gasteiger charge is 2.30. The molecule has 0 bridgehead atoms. The van der Waals surface area contributed by atoms with Crippen LogP contribution in [0.1, 0.15) is 17.8 Å². The van der Waals surface area contributed by atoms with Crippen molar-refractivity contribution in [2.45, 2.75) is 26.1 Å². The molecule has 0 fully saturated rings. The molecule has 0 aliphatic heterocycles. The Hall–Kier alpha value is -1.45. The predicted octanol–water partition coefficient (Wildman–Crippen LogP) is 1.81. The first-order valence-electron chi connectivity index (χ1n) is 6.67. The Bertz CT molecular complexity index is 696. The smallest absolute Gasteiger partial charge is 0.396 e. The SMILES string of the molecule is Cc1csc2nc(CN(CCCO)CC(F)(F)F)cc(=O)n12. The highest BCUT2D eigenvalue weighted by Crippen LogP contribution is 2.18. The van der Waals surface area contributed by atoms with Gasteiger partial charge in [-0.05, 0) is 13.3 Å². The first kappa shape index (κ1) is 16.9. The van der Waals surface area contributed by atoms with Gasteiger partial charge in [-0.3, -0.25) is 14.1 Å². The average molecular weight is 335 g/mol. The van der Waals surface area contributed by atoms with Gasteiger partial charge in [0.25, 0.3) is 5.56 Å². The molecule has 0 aliphatic carbocycles. The summed E-state index contributed by atoms with van der Waals surface area (Å²) in [5.41, 5.74) is 0.749. The average Bonchev–Trinajstić information content (AvgIpc) is 2.76. The molecule has 0 unspecified atom stereocenters. The minimum Gasteiger partial charge on any atom is -0.396 e. The number of rotatable bonds is 6. The number of hydrogen-bond donors (Lipinski definition) is 1. The Kier molecular flexibility index (Phi) is 5.20. The Balaban J connectivity index is 2.23. The number of aryl methyl sites for hydroxylation is 1. The number of aliphatic hydroxyl groups excluding tert-OH is 1. The largest absolute Gasteiger partial charge is 0.401 e. The molecular weight excluding hydrogens is 319 g/mol. The monoisotopic (exact) mass is 335 g/mol. The molecule has 9 heteroatoms. The summed E-state index contributed by atoms with van der Waals surface area (Å²) in [6.45, 7) is 0.483. The molecule has 0 saturated carbocycles. The topological polar surface area (TPSA) is 57.8 Å². The number of fused-ring (bicyclic) bond motifs is 1. The lowest BCUT2D eigenvalue weighted by molar-refractivity contribution is -0.147. The lowest BCUT2D eigenvalue weighted by Crippen LogP contribution is -2.35. The molecule has 0 atom stereocenters. The molecule has 0 saturated heterocycles. The van der Waals surface area contributed by atoms with E-state index in [0.29, 0.717) is 10.7 Å². The maximum Gasteiger partial charge on any atom is 0.401 e. The molecule has 2 aromatic rings. The van der Waals surface area contributed by atoms with Crippen molar-refractivity contribution in [2.75, 3.05) is 19.7 Å². The zero-order valence-corrected chi connectivity index (χ0v) is 12.7. The van der Waals surface area contributed by atoms with E-state index >= 15 is 0 Å². The van der Waals surface area contributed by atoms with Gasteiger partial charge < -0.3 is 5.11 Å². The fraction of sp³-hybridized carbons (Fsp3) is 0.538. The van der Waals surface area contributed by atoms with Crippen molar-refractivity contribution in [2.24, 2.45) is 0 Å². The maximum absolute atomic E-state index is 12.6. The molecule has 2 rings (SSSR count). The van der Waals surface area contributed by atoms with Crippen LogP contribution in [-0.4, -0.2) is 45.3 Å². The van der Waals surface area contributed by atoms with Crippen molar-refractivity contribution in [1.29, 1.82) is 0 Å². The van der Waals surface area contributed by atoms with Gasteiger partial charge in [-0.2, -0.15) is 13.2 Å². The molecular formula is C13H16F3N3O2S. The van der Waals surface area contributed by atoms with E-state index in [1.54, 1.807) is 12.3 Å². The summed E-state index contributed by atoms with van der Waals surface area (Å²) in [6, 6.07) is 1.26. The molecule has 1 N–H and O–H groups in total. The van der Waals surface area contributed by atoms with Crippen molar-refractivity contribution in [3.8, 4) is 0 Å². The number of aromatic nitrogens is 2. The summed E-state index contributed by atoms with van der Waals surface area (Å²) in [6.07, 6.45) is -4.11. The minimum atomic E-state index is -4.34. The fourth-order valence-corrected chi connectivity index (χ4v) is 3.06. The van der Waals surface area contributed by atoms with Crippen LogP contribution in [0.5, 0.6) is 0 Å². The molecule has 2 heterocycles. The summed E-state index contributed by atoms with van der Waals surface area (Å²) in [5.74, 6) is 0. The van der Waals surface area contributed by atoms with Crippen LogP contribution in [0.2, 0.25) is 0 Å². The molecule has 5 nitrogen and oxygen atoms in total. The number of hydrogen-bond acceptors (Lipinski definition) is 5. The Morgan fingerprint density at radius 3 is 2.82 bits per heavy atom. The molecule has 0 radical (unpaired) electrons. The highest BCUT2D eigenvalue weighted by molar-refractivity contribution is 7.15. The second-order valence-electron chi connectivity index (χ2n) is 4.98. The van der Waals surface area contributed by atoms with Crippen molar-refractivity contribution < 1.29 is 18.3 Å². The van der Waals surface area contributed by atoms with Crippen LogP contribution in [0.3, 0.4) is 0 Å². The quantitative estimate of drug-likeness (QED) is 0.875. The van der Waals surface area contributed by atoms with E-state index in [9.17, 15) is 18.0 Å². The zero-order chi connectivity index (χ0) is 16.3. The normalized spacial score (nSPS) is 12.5. The molecule has 2 aromatic heterocycles. The first-order valence-corrected chi connectivity index (χ1v) is 7.55. The van der Waals surface area contributed by atoms with Gasteiger partial charge in [0.05, 0.1) is 12.2 Å². The highest BCUT2D eigenvalue weighted by atomic mass is 32.1. The van der Waals surface area contributed by atoms with Gasteiger partial charge in [-0.25, -0.2) is 4.98 Å². The summed E-state index contributed by atoms with van der Waals surface area (Å²) in [7, 11) is 0. The van der Waals surface area contributed by atoms with E-state index in [2.05, 4.69) is 4.98 Å². The fourth-order valence-electron chi connectivity index (χ4n) is 2.17. The Morgan fingerprint density at radius 1 is 1.45 bits per heavy atom. The van der Waals surface area contributed by atoms with E-state index in [-0.39, 0.29) is 31.7 Å². The Labute approximate surface area is 128 Å². The molecule has 0 amide bonds. The van der Waals surface area contributed by atoms with Gasteiger partial charge in [0, 0.05) is 36.8 Å². The van der Waals surface area contributed by atoms with E-state index in [1.165, 1.54) is 21.8 Å². The first-order chi connectivity index (χ1) is 10.3. The van der Waals surface area contributed by atoms with Gasteiger partial charge in [-0.15, -0.1) is 11.3 Å². The minimum absolute atomic E-state index is 0.0812. The molecule has 0 spiro atoms. The van der Waals surface area contributed by atoms with Crippen LogP contribution >= 0.6 is 11.3 Å². The molecule has 0 aromatic carbocycles. The van der Waals surface area contributed by atoms with Crippen molar-refractivity contribution in [1.82, 2.24) is 14.3 Å². The van der Waals surface area contributed by atoms with Crippen molar-refractivity contribution in [3.05, 3.63) is 33.2 Å². The third-order valence-corrected chi connectivity index (χ3v) is 3.99. The molecule has 122 valence electrons. The third-order valence-electron chi connectivity index (χ3n) is 3.05. The third kappa shape index (κ3) is 4.28. The number of thiazole rings is 1. The summed E-state index contributed by atoms with van der Waals surface area (Å²) >= 11 is 1.27.